The van der Waals surface area contributed by atoms with Crippen LogP contribution in [-0.2, 0) is 14.6 Å². The summed E-state index contributed by atoms with van der Waals surface area (Å²) >= 11 is 2.93. The van der Waals surface area contributed by atoms with Crippen LogP contribution in [-0.4, -0.2) is 59.5 Å². The molecule has 9 heteroatoms. The van der Waals surface area contributed by atoms with E-state index < -0.39 is 9.84 Å². The number of fused-ring (bicyclic) bond motifs is 1. The highest BCUT2D eigenvalue weighted by Gasteiger charge is 2.32. The fraction of sp³-hybridized carbons (Fsp3) is 0.316. The highest BCUT2D eigenvalue weighted by molar-refractivity contribution is 8.00. The monoisotopic (exact) mass is 433 g/mol. The molecule has 1 aliphatic heterocycles. The molecule has 0 aliphatic carbocycles. The molecule has 0 saturated carbocycles. The minimum atomic E-state index is -3.02. The molecule has 0 N–H and O–H groups in total. The zero-order chi connectivity index (χ0) is 19.7. The molecule has 0 unspecified atom stereocenters. The average Bonchev–Trinajstić information content (AvgIpc) is 3.29. The highest BCUT2D eigenvalue weighted by atomic mass is 32.2. The summed E-state index contributed by atoms with van der Waals surface area (Å²) < 4.78 is 23.4. The third kappa shape index (κ3) is 3.92. The van der Waals surface area contributed by atoms with Gasteiger partial charge in [0.25, 0.3) is 0 Å². The minimum Gasteiger partial charge on any atom is -0.341 e. The van der Waals surface area contributed by atoms with Gasteiger partial charge in [-0.2, -0.15) is 0 Å². The molecule has 3 heterocycles. The molecule has 1 fully saturated rings. The number of rotatable bonds is 5. The van der Waals surface area contributed by atoms with Gasteiger partial charge in [-0.3, -0.25) is 4.79 Å². The van der Waals surface area contributed by atoms with Gasteiger partial charge < -0.3 is 4.90 Å². The molecule has 6 nitrogen and oxygen atoms in total. The summed E-state index contributed by atoms with van der Waals surface area (Å²) in [5.74, 6) is 0.337. The first-order valence-electron chi connectivity index (χ1n) is 8.81. The van der Waals surface area contributed by atoms with Crippen molar-refractivity contribution >= 4 is 49.1 Å². The topological polar surface area (TPSA) is 80.2 Å². The van der Waals surface area contributed by atoms with Crippen molar-refractivity contribution in [2.45, 2.75) is 17.5 Å². The molecule has 4 rings (SSSR count). The Balaban J connectivity index is 1.54. The lowest BCUT2D eigenvalue weighted by atomic mass is 10.1. The number of hydrogen-bond acceptors (Lipinski definition) is 7. The molecular formula is C19H19N3O3S3. The standard InChI is InChI=1S/C19H19N3O3S3/c1-22(14-7-8-28(24,25)11-14)16(23)10-27-19-17-15(13-5-3-2-4-6-13)9-26-18(17)20-12-21-19/h2-6,9,12,14H,7-8,10-11H2,1H3/t14-/m0/s1. The van der Waals surface area contributed by atoms with Crippen LogP contribution in [0.15, 0.2) is 47.1 Å². The van der Waals surface area contributed by atoms with Gasteiger partial charge >= 0.3 is 0 Å². The van der Waals surface area contributed by atoms with E-state index in [-0.39, 0.29) is 29.2 Å². The third-order valence-corrected chi connectivity index (χ3v) is 8.51. The van der Waals surface area contributed by atoms with Crippen molar-refractivity contribution in [2.24, 2.45) is 0 Å². The first-order chi connectivity index (χ1) is 13.4. The summed E-state index contributed by atoms with van der Waals surface area (Å²) in [5, 5.41) is 3.80. The Morgan fingerprint density at radius 1 is 1.29 bits per heavy atom. The van der Waals surface area contributed by atoms with E-state index in [0.29, 0.717) is 6.42 Å². The Labute approximate surface area is 171 Å². The zero-order valence-corrected chi connectivity index (χ0v) is 17.7. The van der Waals surface area contributed by atoms with Gasteiger partial charge in [-0.1, -0.05) is 42.1 Å². The maximum Gasteiger partial charge on any atom is 0.233 e. The molecular weight excluding hydrogens is 414 g/mol. The Morgan fingerprint density at radius 3 is 2.79 bits per heavy atom. The van der Waals surface area contributed by atoms with Gasteiger partial charge in [-0.05, 0) is 12.0 Å². The van der Waals surface area contributed by atoms with E-state index >= 15 is 0 Å². The number of hydrogen-bond donors (Lipinski definition) is 0. The summed E-state index contributed by atoms with van der Waals surface area (Å²) in [6.45, 7) is 0. The predicted molar refractivity (Wildman–Crippen MR) is 113 cm³/mol. The Bertz CT molecular complexity index is 1110. The van der Waals surface area contributed by atoms with Gasteiger partial charge in [0.1, 0.15) is 16.2 Å². The fourth-order valence-electron chi connectivity index (χ4n) is 3.30. The van der Waals surface area contributed by atoms with Crippen molar-refractivity contribution in [1.82, 2.24) is 14.9 Å². The van der Waals surface area contributed by atoms with Gasteiger partial charge in [-0.25, -0.2) is 18.4 Å². The van der Waals surface area contributed by atoms with Crippen LogP contribution in [0.1, 0.15) is 6.42 Å². The van der Waals surface area contributed by atoms with E-state index in [1.54, 1.807) is 23.3 Å². The first kappa shape index (κ1) is 19.4. The second-order valence-electron chi connectivity index (χ2n) is 6.72. The maximum absolute atomic E-state index is 12.6. The summed E-state index contributed by atoms with van der Waals surface area (Å²) in [6.07, 6.45) is 2.03. The van der Waals surface area contributed by atoms with Crippen LogP contribution in [0.3, 0.4) is 0 Å². The second kappa shape index (κ2) is 7.81. The molecule has 1 saturated heterocycles. The van der Waals surface area contributed by atoms with E-state index in [4.69, 9.17) is 0 Å². The summed E-state index contributed by atoms with van der Waals surface area (Å²) in [6, 6.07) is 9.81. The quantitative estimate of drug-likeness (QED) is 0.454. The molecule has 28 heavy (non-hydrogen) atoms. The van der Waals surface area contributed by atoms with E-state index in [0.717, 1.165) is 26.4 Å². The summed E-state index contributed by atoms with van der Waals surface area (Å²) in [4.78, 5) is 23.8. The number of aromatic nitrogens is 2. The van der Waals surface area contributed by atoms with Crippen LogP contribution in [0.4, 0.5) is 0 Å². The van der Waals surface area contributed by atoms with E-state index in [1.807, 2.05) is 30.3 Å². The van der Waals surface area contributed by atoms with Crippen LogP contribution in [0.25, 0.3) is 21.3 Å². The van der Waals surface area contributed by atoms with Crippen molar-refractivity contribution in [3.05, 3.63) is 42.0 Å². The van der Waals surface area contributed by atoms with Crippen molar-refractivity contribution < 1.29 is 13.2 Å². The number of thioether (sulfide) groups is 1. The van der Waals surface area contributed by atoms with E-state index in [2.05, 4.69) is 15.3 Å². The van der Waals surface area contributed by atoms with Gasteiger partial charge in [-0.15, -0.1) is 11.3 Å². The van der Waals surface area contributed by atoms with Crippen molar-refractivity contribution in [3.8, 4) is 11.1 Å². The normalized spacial score (nSPS) is 18.4. The van der Waals surface area contributed by atoms with Crippen LogP contribution in [0, 0.1) is 0 Å². The van der Waals surface area contributed by atoms with Crippen LogP contribution in [0.5, 0.6) is 0 Å². The van der Waals surface area contributed by atoms with E-state index in [9.17, 15) is 13.2 Å². The summed E-state index contributed by atoms with van der Waals surface area (Å²) in [5.41, 5.74) is 2.15. The number of carbonyl (C=O) groups is 1. The maximum atomic E-state index is 12.6. The van der Waals surface area contributed by atoms with Gasteiger partial charge in [0, 0.05) is 24.0 Å². The van der Waals surface area contributed by atoms with Gasteiger partial charge in [0.05, 0.1) is 22.6 Å². The van der Waals surface area contributed by atoms with E-state index in [1.165, 1.54) is 18.1 Å². The molecule has 0 bridgehead atoms. The highest BCUT2D eigenvalue weighted by Crippen LogP contribution is 2.37. The largest absolute Gasteiger partial charge is 0.341 e. The van der Waals surface area contributed by atoms with Crippen molar-refractivity contribution in [1.29, 1.82) is 0 Å². The van der Waals surface area contributed by atoms with Crippen molar-refractivity contribution in [2.75, 3.05) is 24.3 Å². The van der Waals surface area contributed by atoms with Crippen LogP contribution >= 0.6 is 23.1 Å². The summed E-state index contributed by atoms with van der Waals surface area (Å²) in [7, 11) is -1.33. The Kier molecular flexibility index (Phi) is 5.39. The third-order valence-electron chi connectivity index (χ3n) is 4.90. The lowest BCUT2D eigenvalue weighted by Crippen LogP contribution is -2.38. The SMILES string of the molecule is CN(C(=O)CSc1ncnc2scc(-c3ccccc3)c12)[C@H]1CCS(=O)(=O)C1. The van der Waals surface area contributed by atoms with Crippen LogP contribution in [0.2, 0.25) is 0 Å². The molecule has 1 aromatic carbocycles. The van der Waals surface area contributed by atoms with Gasteiger partial charge in [0.15, 0.2) is 9.84 Å². The van der Waals surface area contributed by atoms with Crippen LogP contribution < -0.4 is 0 Å². The molecule has 0 spiro atoms. The Hall–Kier alpha value is -1.97. The first-order valence-corrected chi connectivity index (χ1v) is 12.5. The number of amides is 1. The zero-order valence-electron chi connectivity index (χ0n) is 15.2. The average molecular weight is 434 g/mol. The number of thiophene rings is 1. The lowest BCUT2D eigenvalue weighted by Gasteiger charge is -2.23. The number of benzene rings is 1. The smallest absolute Gasteiger partial charge is 0.233 e. The molecule has 1 amide bonds. The number of sulfone groups is 1. The molecule has 0 radical (unpaired) electrons. The molecule has 146 valence electrons. The second-order valence-corrected chi connectivity index (χ2v) is 10.8. The fourth-order valence-corrected chi connectivity index (χ4v) is 7.00. The lowest BCUT2D eigenvalue weighted by molar-refractivity contribution is -0.128. The molecule has 3 aromatic rings. The molecule has 2 aromatic heterocycles. The molecule has 1 atom stereocenters. The number of carbonyl (C=O) groups excluding carboxylic acids is 1. The Morgan fingerprint density at radius 2 is 2.07 bits per heavy atom. The van der Waals surface area contributed by atoms with Crippen molar-refractivity contribution in [3.63, 3.8) is 0 Å². The number of nitrogens with zero attached hydrogens (tertiary/aromatic N) is 3. The molecule has 1 aliphatic rings. The minimum absolute atomic E-state index is 0.0559. The predicted octanol–water partition coefficient (Wildman–Crippen LogP) is 3.10. The van der Waals surface area contributed by atoms with Gasteiger partial charge in [0.2, 0.25) is 5.91 Å².